The lowest BCUT2D eigenvalue weighted by Gasteiger charge is -2.35. The van der Waals surface area contributed by atoms with Crippen LogP contribution in [0.1, 0.15) is 73.8 Å². The molecule has 4 rings (SSSR count). The summed E-state index contributed by atoms with van der Waals surface area (Å²) >= 11 is 0. The molecule has 1 atom stereocenters. The molecule has 3 aromatic heterocycles. The molecule has 1 aliphatic heterocycles. The monoisotopic (exact) mass is 430 g/mol. The Balaban J connectivity index is 1.51. The Morgan fingerprint density at radius 2 is 2.12 bits per heavy atom. The molecule has 166 valence electrons. The number of imidazole rings is 1. The van der Waals surface area contributed by atoms with Crippen LogP contribution in [0.15, 0.2) is 30.6 Å². The zero-order valence-corrected chi connectivity index (χ0v) is 18.8. The number of nitrogens with zero attached hydrogens (tertiary/aromatic N) is 6. The van der Waals surface area contributed by atoms with E-state index in [0.29, 0.717) is 5.69 Å². The maximum atomic E-state index is 8.94. The molecule has 0 bridgehead atoms. The summed E-state index contributed by atoms with van der Waals surface area (Å²) in [6.45, 7) is 6.01. The number of hydrogen-bond acceptors (Lipinski definition) is 7. The van der Waals surface area contributed by atoms with Gasteiger partial charge < -0.3 is 10.3 Å². The molecule has 32 heavy (non-hydrogen) atoms. The first-order valence-corrected chi connectivity index (χ1v) is 11.4. The van der Waals surface area contributed by atoms with Crippen molar-refractivity contribution in [2.24, 2.45) is 0 Å². The summed E-state index contributed by atoms with van der Waals surface area (Å²) in [5.74, 6) is 2.56. The second kappa shape index (κ2) is 10.3. The van der Waals surface area contributed by atoms with Crippen LogP contribution < -0.4 is 5.32 Å². The molecule has 1 aliphatic rings. The summed E-state index contributed by atoms with van der Waals surface area (Å²) in [6, 6.07) is 7.85. The van der Waals surface area contributed by atoms with Crippen molar-refractivity contribution in [2.45, 2.75) is 65.0 Å². The number of aromatic nitrogens is 5. The van der Waals surface area contributed by atoms with Gasteiger partial charge in [-0.25, -0.2) is 19.9 Å². The van der Waals surface area contributed by atoms with Crippen molar-refractivity contribution in [3.05, 3.63) is 59.3 Å². The van der Waals surface area contributed by atoms with Gasteiger partial charge in [0.1, 0.15) is 29.2 Å². The predicted octanol–water partition coefficient (Wildman–Crippen LogP) is 4.59. The number of H-pyrrole nitrogens is 1. The fourth-order valence-electron chi connectivity index (χ4n) is 4.20. The van der Waals surface area contributed by atoms with Crippen LogP contribution >= 0.6 is 0 Å². The van der Waals surface area contributed by atoms with E-state index < -0.39 is 0 Å². The van der Waals surface area contributed by atoms with Crippen molar-refractivity contribution >= 4 is 11.5 Å². The average Bonchev–Trinajstić information content (AvgIpc) is 3.25. The Hall–Kier alpha value is -3.31. The van der Waals surface area contributed by atoms with Gasteiger partial charge in [0.15, 0.2) is 0 Å². The zero-order valence-electron chi connectivity index (χ0n) is 18.8. The Kier molecular flexibility index (Phi) is 7.07. The first-order chi connectivity index (χ1) is 15.6. The number of nitriles is 1. The fourth-order valence-corrected chi connectivity index (χ4v) is 4.20. The van der Waals surface area contributed by atoms with E-state index >= 15 is 0 Å². The number of pyridine rings is 1. The lowest BCUT2D eigenvalue weighted by Crippen LogP contribution is -2.33. The zero-order chi connectivity index (χ0) is 22.3. The molecular weight excluding hydrogens is 400 g/mol. The third-order valence-corrected chi connectivity index (χ3v) is 5.78. The van der Waals surface area contributed by atoms with E-state index in [0.717, 1.165) is 66.9 Å². The highest BCUT2D eigenvalue weighted by molar-refractivity contribution is 5.55. The first kappa shape index (κ1) is 21.9. The van der Waals surface area contributed by atoms with Gasteiger partial charge in [0, 0.05) is 30.9 Å². The van der Waals surface area contributed by atoms with Gasteiger partial charge >= 0.3 is 0 Å². The molecular formula is C24H30N8. The van der Waals surface area contributed by atoms with Crippen LogP contribution in [0.2, 0.25) is 0 Å². The molecule has 0 unspecified atom stereocenters. The van der Waals surface area contributed by atoms with E-state index in [9.17, 15) is 0 Å². The van der Waals surface area contributed by atoms with Gasteiger partial charge in [-0.1, -0.05) is 19.8 Å². The smallest absolute Gasteiger partial charge is 0.140 e. The molecule has 2 N–H and O–H groups in total. The number of aryl methyl sites for hydroxylation is 2. The van der Waals surface area contributed by atoms with Gasteiger partial charge in [0.05, 0.1) is 23.6 Å². The summed E-state index contributed by atoms with van der Waals surface area (Å²) in [6.07, 6.45) is 10.4. The summed E-state index contributed by atoms with van der Waals surface area (Å²) in [4.78, 5) is 24.0. The number of rotatable bonds is 8. The van der Waals surface area contributed by atoms with E-state index in [1.165, 1.54) is 19.3 Å². The molecule has 1 fully saturated rings. The van der Waals surface area contributed by atoms with E-state index in [4.69, 9.17) is 10.2 Å². The normalized spacial score (nSPS) is 16.6. The van der Waals surface area contributed by atoms with E-state index in [1.807, 2.05) is 31.3 Å². The Morgan fingerprint density at radius 3 is 2.91 bits per heavy atom. The lowest BCUT2D eigenvalue weighted by atomic mass is 9.98. The lowest BCUT2D eigenvalue weighted by molar-refractivity contribution is 0.135. The summed E-state index contributed by atoms with van der Waals surface area (Å²) in [7, 11) is 0. The molecule has 0 aliphatic carbocycles. The van der Waals surface area contributed by atoms with Gasteiger partial charge in [-0.05, 0) is 44.9 Å². The molecule has 4 heterocycles. The average molecular weight is 431 g/mol. The molecule has 1 saturated heterocycles. The van der Waals surface area contributed by atoms with E-state index in [1.54, 1.807) is 12.3 Å². The van der Waals surface area contributed by atoms with Crippen molar-refractivity contribution in [3.8, 4) is 6.07 Å². The number of nitrogens with one attached hydrogen (secondary N) is 2. The molecule has 3 aromatic rings. The number of likely N-dealkylation sites (tertiary alicyclic amines) is 1. The van der Waals surface area contributed by atoms with Gasteiger partial charge in [-0.3, -0.25) is 4.90 Å². The van der Waals surface area contributed by atoms with Crippen LogP contribution in [0.5, 0.6) is 0 Å². The highest BCUT2D eigenvalue weighted by atomic mass is 15.2. The van der Waals surface area contributed by atoms with Crippen LogP contribution in [-0.2, 0) is 13.0 Å². The second-order valence-corrected chi connectivity index (χ2v) is 8.33. The second-order valence-electron chi connectivity index (χ2n) is 8.33. The minimum atomic E-state index is 0.243. The van der Waals surface area contributed by atoms with Crippen LogP contribution in [0.4, 0.5) is 11.5 Å². The third kappa shape index (κ3) is 5.48. The van der Waals surface area contributed by atoms with Gasteiger partial charge in [-0.2, -0.15) is 5.26 Å². The Morgan fingerprint density at radius 1 is 1.22 bits per heavy atom. The molecule has 8 heteroatoms. The molecule has 0 saturated carbocycles. The highest BCUT2D eigenvalue weighted by Gasteiger charge is 2.26. The maximum Gasteiger partial charge on any atom is 0.140 e. The summed E-state index contributed by atoms with van der Waals surface area (Å²) in [5, 5.41) is 12.2. The standard InChI is InChI=1S/C24H30N8/c1-3-4-8-23-27-15-20(31-23)16-32-11-6-5-7-22(32)21-12-24(29-17(2)28-21)30-19-10-9-18(13-25)26-14-19/h9-10,12,14-15,22H,3-8,11,16H2,1-2H3,(H,27,31)(H,28,29,30)/t22-/m1/s1. The van der Waals surface area contributed by atoms with Crippen LogP contribution in [0, 0.1) is 18.3 Å². The van der Waals surface area contributed by atoms with E-state index in [2.05, 4.69) is 37.1 Å². The van der Waals surface area contributed by atoms with Crippen molar-refractivity contribution < 1.29 is 0 Å². The SMILES string of the molecule is CCCCc1ncc(CN2CCCC[C@@H]2c2cc(Nc3ccc(C#N)nc3)nc(C)n2)[nH]1. The number of anilines is 2. The quantitative estimate of drug-likeness (QED) is 0.538. The molecule has 0 spiro atoms. The molecule has 0 aromatic carbocycles. The minimum Gasteiger partial charge on any atom is -0.345 e. The molecule has 8 nitrogen and oxygen atoms in total. The predicted molar refractivity (Wildman–Crippen MR) is 123 cm³/mol. The molecule has 0 amide bonds. The molecule has 0 radical (unpaired) electrons. The fraction of sp³-hybridized carbons (Fsp3) is 0.458. The van der Waals surface area contributed by atoms with Gasteiger partial charge in [0.2, 0.25) is 0 Å². The van der Waals surface area contributed by atoms with Crippen LogP contribution in [0.3, 0.4) is 0 Å². The number of hydrogen-bond donors (Lipinski definition) is 2. The first-order valence-electron chi connectivity index (χ1n) is 11.4. The maximum absolute atomic E-state index is 8.94. The number of piperidine rings is 1. The van der Waals surface area contributed by atoms with Gasteiger partial charge in [0.25, 0.3) is 0 Å². The number of unbranched alkanes of at least 4 members (excludes halogenated alkanes) is 1. The highest BCUT2D eigenvalue weighted by Crippen LogP contribution is 2.32. The van der Waals surface area contributed by atoms with Crippen molar-refractivity contribution in [3.63, 3.8) is 0 Å². The third-order valence-electron chi connectivity index (χ3n) is 5.78. The Labute approximate surface area is 189 Å². The van der Waals surface area contributed by atoms with Gasteiger partial charge in [-0.15, -0.1) is 0 Å². The van der Waals surface area contributed by atoms with Crippen LogP contribution in [-0.4, -0.2) is 36.4 Å². The largest absolute Gasteiger partial charge is 0.345 e. The van der Waals surface area contributed by atoms with E-state index in [-0.39, 0.29) is 6.04 Å². The summed E-state index contributed by atoms with van der Waals surface area (Å²) in [5.41, 5.74) is 3.39. The topological polar surface area (TPSA) is 106 Å². The Bertz CT molecular complexity index is 1070. The summed E-state index contributed by atoms with van der Waals surface area (Å²) < 4.78 is 0. The van der Waals surface area contributed by atoms with Crippen LogP contribution in [0.25, 0.3) is 0 Å². The van der Waals surface area contributed by atoms with Crippen molar-refractivity contribution in [2.75, 3.05) is 11.9 Å². The van der Waals surface area contributed by atoms with Crippen molar-refractivity contribution in [1.29, 1.82) is 5.26 Å². The number of aromatic amines is 1. The minimum absolute atomic E-state index is 0.243. The van der Waals surface area contributed by atoms with Crippen molar-refractivity contribution in [1.82, 2.24) is 29.8 Å².